The van der Waals surface area contributed by atoms with Crippen LogP contribution in [-0.4, -0.2) is 30.3 Å². The Bertz CT molecular complexity index is 742. The van der Waals surface area contributed by atoms with Gasteiger partial charge in [-0.1, -0.05) is 24.3 Å². The van der Waals surface area contributed by atoms with E-state index in [0.29, 0.717) is 19.0 Å². The second-order valence-corrected chi connectivity index (χ2v) is 7.94. The third-order valence-corrected chi connectivity index (χ3v) is 5.92. The summed E-state index contributed by atoms with van der Waals surface area (Å²) in [6.07, 6.45) is 4.49. The van der Waals surface area contributed by atoms with Gasteiger partial charge in [0.2, 0.25) is 0 Å². The maximum Gasteiger partial charge on any atom is 0.318 e. The fourth-order valence-corrected chi connectivity index (χ4v) is 3.59. The Kier molecular flexibility index (Phi) is 6.67. The Labute approximate surface area is 166 Å². The van der Waals surface area contributed by atoms with Crippen molar-refractivity contribution in [2.75, 3.05) is 13.4 Å². The van der Waals surface area contributed by atoms with E-state index in [2.05, 4.69) is 42.8 Å². The van der Waals surface area contributed by atoms with Gasteiger partial charge in [-0.05, 0) is 67.3 Å². The highest BCUT2D eigenvalue weighted by Crippen LogP contribution is 2.35. The number of thioether (sulfide) groups is 1. The molecule has 0 saturated heterocycles. The van der Waals surface area contributed by atoms with Gasteiger partial charge in [-0.25, -0.2) is 4.79 Å². The number of carbonyl (C=O) groups excluding carboxylic acids is 1. The molecule has 1 N–H and O–H groups in total. The molecule has 0 radical (unpaired) electrons. The molecule has 27 heavy (non-hydrogen) atoms. The maximum atomic E-state index is 12.9. The summed E-state index contributed by atoms with van der Waals surface area (Å²) in [5, 5.41) is 3.10. The first-order valence-electron chi connectivity index (χ1n) is 9.41. The van der Waals surface area contributed by atoms with Crippen LogP contribution >= 0.6 is 11.8 Å². The van der Waals surface area contributed by atoms with E-state index < -0.39 is 0 Å². The van der Waals surface area contributed by atoms with Gasteiger partial charge in [0.15, 0.2) is 0 Å². The van der Waals surface area contributed by atoms with Crippen molar-refractivity contribution >= 4 is 17.8 Å². The molecule has 1 atom stereocenters. The molecule has 2 aromatic rings. The summed E-state index contributed by atoms with van der Waals surface area (Å²) in [7, 11) is 1.66. The van der Waals surface area contributed by atoms with Gasteiger partial charge in [-0.15, -0.1) is 11.8 Å². The van der Waals surface area contributed by atoms with E-state index in [0.717, 1.165) is 16.9 Å². The van der Waals surface area contributed by atoms with Crippen LogP contribution in [0.5, 0.6) is 5.75 Å². The van der Waals surface area contributed by atoms with Gasteiger partial charge < -0.3 is 15.0 Å². The number of rotatable bonds is 8. The second kappa shape index (κ2) is 9.18. The number of amides is 2. The molecule has 0 aromatic heterocycles. The van der Waals surface area contributed by atoms with E-state index in [1.54, 1.807) is 18.9 Å². The molecule has 1 aliphatic carbocycles. The average molecular weight is 385 g/mol. The number of benzene rings is 2. The van der Waals surface area contributed by atoms with Crippen molar-refractivity contribution in [3.63, 3.8) is 0 Å². The van der Waals surface area contributed by atoms with E-state index in [-0.39, 0.29) is 12.1 Å². The zero-order valence-electron chi connectivity index (χ0n) is 16.3. The molecule has 4 nitrogen and oxygen atoms in total. The van der Waals surface area contributed by atoms with Crippen LogP contribution in [0.1, 0.15) is 30.9 Å². The fourth-order valence-electron chi connectivity index (χ4n) is 3.18. The minimum atomic E-state index is -0.000777. The number of nitrogens with zero attached hydrogens (tertiary/aromatic N) is 1. The Balaban J connectivity index is 1.64. The molecular weight excluding hydrogens is 356 g/mol. The maximum absolute atomic E-state index is 12.9. The molecule has 0 aliphatic heterocycles. The second-order valence-electron chi connectivity index (χ2n) is 7.06. The van der Waals surface area contributed by atoms with Crippen molar-refractivity contribution in [2.24, 2.45) is 5.92 Å². The molecule has 1 saturated carbocycles. The molecule has 2 amide bonds. The van der Waals surface area contributed by atoms with Crippen LogP contribution in [0, 0.1) is 5.92 Å². The SMILES string of the molecule is COc1ccc(CN(C(=O)NCc2ccc(SC)cc2)C(C)C2CC2)cc1. The number of hydrogen-bond donors (Lipinski definition) is 1. The summed E-state index contributed by atoms with van der Waals surface area (Å²) in [5.74, 6) is 1.45. The first kappa shape index (κ1) is 19.6. The van der Waals surface area contributed by atoms with Crippen LogP contribution in [0.2, 0.25) is 0 Å². The normalized spacial score (nSPS) is 14.5. The van der Waals surface area contributed by atoms with Crippen LogP contribution in [0.25, 0.3) is 0 Å². The van der Waals surface area contributed by atoms with E-state index in [4.69, 9.17) is 4.74 Å². The van der Waals surface area contributed by atoms with Crippen LogP contribution in [-0.2, 0) is 13.1 Å². The molecule has 0 heterocycles. The first-order chi connectivity index (χ1) is 13.1. The molecule has 1 unspecified atom stereocenters. The Hall–Kier alpha value is -2.14. The number of methoxy groups -OCH3 is 1. The molecule has 0 bridgehead atoms. The Morgan fingerprint density at radius 1 is 1.15 bits per heavy atom. The highest BCUT2D eigenvalue weighted by Gasteiger charge is 2.34. The van der Waals surface area contributed by atoms with Gasteiger partial charge in [0.05, 0.1) is 7.11 Å². The van der Waals surface area contributed by atoms with Gasteiger partial charge in [-0.2, -0.15) is 0 Å². The Morgan fingerprint density at radius 3 is 2.33 bits per heavy atom. The fraction of sp³-hybridized carbons (Fsp3) is 0.409. The zero-order valence-corrected chi connectivity index (χ0v) is 17.1. The van der Waals surface area contributed by atoms with Crippen LogP contribution in [0.3, 0.4) is 0 Å². The van der Waals surface area contributed by atoms with Crippen molar-refractivity contribution < 1.29 is 9.53 Å². The summed E-state index contributed by atoms with van der Waals surface area (Å²) in [4.78, 5) is 16.1. The summed E-state index contributed by atoms with van der Waals surface area (Å²) in [6, 6.07) is 16.5. The standard InChI is InChI=1S/C22H28N2O2S/c1-16(19-8-9-19)24(15-18-4-10-20(26-2)11-5-18)22(25)23-14-17-6-12-21(27-3)13-7-17/h4-7,10-13,16,19H,8-9,14-15H2,1-3H3,(H,23,25). The summed E-state index contributed by atoms with van der Waals surface area (Å²) in [5.41, 5.74) is 2.23. The minimum Gasteiger partial charge on any atom is -0.497 e. The summed E-state index contributed by atoms with van der Waals surface area (Å²) < 4.78 is 5.23. The van der Waals surface area contributed by atoms with E-state index in [1.807, 2.05) is 29.2 Å². The van der Waals surface area contributed by atoms with Crippen molar-refractivity contribution in [3.8, 4) is 5.75 Å². The minimum absolute atomic E-state index is 0.000777. The van der Waals surface area contributed by atoms with Gasteiger partial charge in [-0.3, -0.25) is 0 Å². The number of hydrogen-bond acceptors (Lipinski definition) is 3. The molecule has 144 valence electrons. The van der Waals surface area contributed by atoms with Crippen LogP contribution in [0.15, 0.2) is 53.4 Å². The van der Waals surface area contributed by atoms with Gasteiger partial charge >= 0.3 is 6.03 Å². The monoisotopic (exact) mass is 384 g/mol. The largest absolute Gasteiger partial charge is 0.497 e. The molecule has 1 fully saturated rings. The zero-order chi connectivity index (χ0) is 19.2. The molecule has 1 aliphatic rings. The van der Waals surface area contributed by atoms with Crippen LogP contribution < -0.4 is 10.1 Å². The van der Waals surface area contributed by atoms with Gasteiger partial charge in [0.25, 0.3) is 0 Å². The topological polar surface area (TPSA) is 41.6 Å². The Morgan fingerprint density at radius 2 is 1.78 bits per heavy atom. The number of urea groups is 1. The lowest BCUT2D eigenvalue weighted by atomic mass is 10.1. The highest BCUT2D eigenvalue weighted by molar-refractivity contribution is 7.98. The van der Waals surface area contributed by atoms with Crippen molar-refractivity contribution in [3.05, 3.63) is 59.7 Å². The van der Waals surface area contributed by atoms with Crippen molar-refractivity contribution in [1.82, 2.24) is 10.2 Å². The average Bonchev–Trinajstić information content (AvgIpc) is 3.56. The number of ether oxygens (including phenoxy) is 1. The van der Waals surface area contributed by atoms with Gasteiger partial charge in [0, 0.05) is 24.0 Å². The van der Waals surface area contributed by atoms with Crippen LogP contribution in [0.4, 0.5) is 4.79 Å². The predicted molar refractivity (Wildman–Crippen MR) is 111 cm³/mol. The number of carbonyl (C=O) groups is 1. The summed E-state index contributed by atoms with van der Waals surface area (Å²) >= 11 is 1.72. The van der Waals surface area contributed by atoms with E-state index >= 15 is 0 Å². The van der Waals surface area contributed by atoms with Crippen molar-refractivity contribution in [2.45, 2.75) is 43.8 Å². The smallest absolute Gasteiger partial charge is 0.318 e. The van der Waals surface area contributed by atoms with E-state index in [1.165, 1.54) is 17.7 Å². The molecule has 3 rings (SSSR count). The lowest BCUT2D eigenvalue weighted by Crippen LogP contribution is -2.45. The molecule has 2 aromatic carbocycles. The van der Waals surface area contributed by atoms with Crippen molar-refractivity contribution in [1.29, 1.82) is 0 Å². The number of nitrogens with one attached hydrogen (secondary N) is 1. The van der Waals surface area contributed by atoms with E-state index in [9.17, 15) is 4.79 Å². The lowest BCUT2D eigenvalue weighted by Gasteiger charge is -2.30. The third-order valence-electron chi connectivity index (χ3n) is 5.17. The quantitative estimate of drug-likeness (QED) is 0.656. The lowest BCUT2D eigenvalue weighted by molar-refractivity contribution is 0.167. The molecular formula is C22H28N2O2S. The predicted octanol–water partition coefficient (Wildman–Crippen LogP) is 4.93. The van der Waals surface area contributed by atoms with Gasteiger partial charge in [0.1, 0.15) is 5.75 Å². The highest BCUT2D eigenvalue weighted by atomic mass is 32.2. The first-order valence-corrected chi connectivity index (χ1v) is 10.6. The molecule has 5 heteroatoms. The third kappa shape index (κ3) is 5.42. The molecule has 0 spiro atoms. The summed E-state index contributed by atoms with van der Waals surface area (Å²) in [6.45, 7) is 3.32.